The number of amides is 1. The minimum absolute atomic E-state index is 0.159. The van der Waals surface area contributed by atoms with Gasteiger partial charge in [0.2, 0.25) is 11.9 Å². The van der Waals surface area contributed by atoms with Crippen molar-refractivity contribution in [2.75, 3.05) is 38.2 Å². The number of pyridine rings is 1. The van der Waals surface area contributed by atoms with Crippen LogP contribution in [0, 0.1) is 12.7 Å². The molecule has 3 heterocycles. The van der Waals surface area contributed by atoms with Crippen LogP contribution in [0.3, 0.4) is 0 Å². The van der Waals surface area contributed by atoms with E-state index in [2.05, 4.69) is 15.4 Å². The summed E-state index contributed by atoms with van der Waals surface area (Å²) in [6.07, 6.45) is 1.77. The lowest BCUT2D eigenvalue weighted by molar-refractivity contribution is -0.118. The van der Waals surface area contributed by atoms with E-state index >= 15 is 0 Å². The molecule has 2 aromatic heterocycles. The number of carbonyl (C=O) groups is 1. The molecule has 1 aliphatic rings. The largest absolute Gasteiger partial charge is 0.379 e. The fraction of sp³-hybridized carbons (Fsp3) is 0.316. The Balaban J connectivity index is 1.50. The van der Waals surface area contributed by atoms with Crippen molar-refractivity contribution in [3.05, 3.63) is 47.9 Å². The molecular weight excluding hydrogens is 349 g/mol. The molecule has 1 aliphatic heterocycles. The van der Waals surface area contributed by atoms with Gasteiger partial charge in [-0.3, -0.25) is 15.0 Å². The second-order valence-corrected chi connectivity index (χ2v) is 6.56. The first kappa shape index (κ1) is 17.6. The number of ether oxygens (including phenoxy) is 1. The van der Waals surface area contributed by atoms with Gasteiger partial charge in [-0.1, -0.05) is 12.1 Å². The molecule has 1 amide bonds. The maximum absolute atomic E-state index is 13.8. The van der Waals surface area contributed by atoms with Crippen molar-refractivity contribution < 1.29 is 13.9 Å². The lowest BCUT2D eigenvalue weighted by Gasteiger charge is -2.25. The van der Waals surface area contributed by atoms with Gasteiger partial charge >= 0.3 is 0 Å². The van der Waals surface area contributed by atoms with E-state index in [-0.39, 0.29) is 24.2 Å². The van der Waals surface area contributed by atoms with Crippen molar-refractivity contribution in [2.24, 2.45) is 0 Å². The van der Waals surface area contributed by atoms with E-state index in [0.29, 0.717) is 24.4 Å². The summed E-state index contributed by atoms with van der Waals surface area (Å²) in [5.41, 5.74) is 2.78. The predicted octanol–water partition coefficient (Wildman–Crippen LogP) is 2.11. The Bertz CT molecular complexity index is 981. The summed E-state index contributed by atoms with van der Waals surface area (Å²) in [6.45, 7) is 4.77. The Labute approximate surface area is 155 Å². The number of aryl methyl sites for hydroxylation is 1. The van der Waals surface area contributed by atoms with Crippen molar-refractivity contribution in [3.63, 3.8) is 0 Å². The van der Waals surface area contributed by atoms with Crippen LogP contribution in [0.2, 0.25) is 0 Å². The zero-order valence-electron chi connectivity index (χ0n) is 15.0. The standard InChI is InChI=1S/C19H20FN5O2/c1-13-2-3-14(10-16(13)20)15-4-5-17-21-19(23-25(17)11-15)22-18(26)12-24-6-8-27-9-7-24/h2-5,10-11H,6-9,12H2,1H3,(H,22,23,26). The van der Waals surface area contributed by atoms with E-state index in [9.17, 15) is 9.18 Å². The highest BCUT2D eigenvalue weighted by atomic mass is 19.1. The first-order valence-electron chi connectivity index (χ1n) is 8.81. The van der Waals surface area contributed by atoms with Gasteiger partial charge < -0.3 is 4.74 Å². The molecule has 1 saturated heterocycles. The van der Waals surface area contributed by atoms with E-state index in [1.165, 1.54) is 6.07 Å². The molecule has 3 aromatic rings. The fourth-order valence-electron chi connectivity index (χ4n) is 3.01. The molecule has 1 aromatic carbocycles. The first-order chi connectivity index (χ1) is 13.1. The number of aromatic nitrogens is 3. The van der Waals surface area contributed by atoms with Crippen LogP contribution in [-0.2, 0) is 9.53 Å². The number of halogens is 1. The van der Waals surface area contributed by atoms with Crippen LogP contribution >= 0.6 is 0 Å². The molecule has 140 valence electrons. The molecule has 0 bridgehead atoms. The molecule has 7 nitrogen and oxygen atoms in total. The van der Waals surface area contributed by atoms with Crippen molar-refractivity contribution in [1.82, 2.24) is 19.5 Å². The zero-order valence-corrected chi connectivity index (χ0v) is 15.0. The number of fused-ring (bicyclic) bond motifs is 1. The third kappa shape index (κ3) is 3.96. The van der Waals surface area contributed by atoms with Crippen LogP contribution in [0.15, 0.2) is 36.5 Å². The lowest BCUT2D eigenvalue weighted by atomic mass is 10.1. The van der Waals surface area contributed by atoms with Gasteiger partial charge in [0.25, 0.3) is 0 Å². The van der Waals surface area contributed by atoms with Gasteiger partial charge in [0.15, 0.2) is 5.65 Å². The number of benzene rings is 1. The van der Waals surface area contributed by atoms with Crippen LogP contribution in [0.5, 0.6) is 0 Å². The maximum Gasteiger partial charge on any atom is 0.249 e. The van der Waals surface area contributed by atoms with Crippen LogP contribution < -0.4 is 5.32 Å². The normalized spacial score (nSPS) is 15.2. The zero-order chi connectivity index (χ0) is 18.8. The summed E-state index contributed by atoms with van der Waals surface area (Å²) in [6, 6.07) is 8.75. The van der Waals surface area contributed by atoms with Crippen LogP contribution in [-0.4, -0.2) is 58.3 Å². The number of hydrogen-bond donors (Lipinski definition) is 1. The monoisotopic (exact) mass is 369 g/mol. The van der Waals surface area contributed by atoms with Gasteiger partial charge in [0.05, 0.1) is 19.8 Å². The van der Waals surface area contributed by atoms with Crippen molar-refractivity contribution >= 4 is 17.5 Å². The van der Waals surface area contributed by atoms with Crippen LogP contribution in [0.25, 0.3) is 16.8 Å². The summed E-state index contributed by atoms with van der Waals surface area (Å²) in [4.78, 5) is 18.5. The number of carbonyl (C=O) groups excluding carboxylic acids is 1. The summed E-state index contributed by atoms with van der Waals surface area (Å²) in [5.74, 6) is -0.156. The summed E-state index contributed by atoms with van der Waals surface area (Å²) >= 11 is 0. The molecule has 4 rings (SSSR count). The quantitative estimate of drug-likeness (QED) is 0.763. The molecule has 0 unspecified atom stereocenters. The smallest absolute Gasteiger partial charge is 0.249 e. The number of morpholine rings is 1. The molecule has 27 heavy (non-hydrogen) atoms. The third-order valence-electron chi connectivity index (χ3n) is 4.56. The Kier molecular flexibility index (Phi) is 4.83. The summed E-state index contributed by atoms with van der Waals surface area (Å²) in [5, 5.41) is 7.04. The van der Waals surface area contributed by atoms with Gasteiger partial charge in [-0.05, 0) is 36.2 Å². The molecule has 0 radical (unpaired) electrons. The van der Waals surface area contributed by atoms with Gasteiger partial charge in [-0.25, -0.2) is 8.91 Å². The highest BCUT2D eigenvalue weighted by Gasteiger charge is 2.15. The number of nitrogens with one attached hydrogen (secondary N) is 1. The first-order valence-corrected chi connectivity index (χ1v) is 8.81. The van der Waals surface area contributed by atoms with Gasteiger partial charge in [-0.15, -0.1) is 5.10 Å². The second-order valence-electron chi connectivity index (χ2n) is 6.56. The minimum atomic E-state index is -0.248. The Morgan fingerprint density at radius 2 is 2.00 bits per heavy atom. The Hall–Kier alpha value is -2.84. The van der Waals surface area contributed by atoms with Gasteiger partial charge in [0, 0.05) is 24.8 Å². The fourth-order valence-corrected chi connectivity index (χ4v) is 3.01. The SMILES string of the molecule is Cc1ccc(-c2ccc3nc(NC(=O)CN4CCOCC4)nn3c2)cc1F. The van der Waals surface area contributed by atoms with Gasteiger partial charge in [-0.2, -0.15) is 4.98 Å². The molecule has 1 N–H and O–H groups in total. The molecule has 0 saturated carbocycles. The third-order valence-corrected chi connectivity index (χ3v) is 4.56. The van der Waals surface area contributed by atoms with Crippen molar-refractivity contribution in [1.29, 1.82) is 0 Å². The highest BCUT2D eigenvalue weighted by molar-refractivity contribution is 5.90. The van der Waals surface area contributed by atoms with Gasteiger partial charge in [0.1, 0.15) is 5.82 Å². The molecule has 1 fully saturated rings. The topological polar surface area (TPSA) is 71.8 Å². The molecule has 0 spiro atoms. The summed E-state index contributed by atoms with van der Waals surface area (Å²) < 4.78 is 20.7. The predicted molar refractivity (Wildman–Crippen MR) is 99.0 cm³/mol. The second kappa shape index (κ2) is 7.42. The van der Waals surface area contributed by atoms with E-state index in [1.807, 2.05) is 17.0 Å². The van der Waals surface area contributed by atoms with E-state index in [1.54, 1.807) is 29.8 Å². The molecule has 0 atom stereocenters. The Morgan fingerprint density at radius 3 is 2.78 bits per heavy atom. The summed E-state index contributed by atoms with van der Waals surface area (Å²) in [7, 11) is 0. The van der Waals surface area contributed by atoms with Crippen molar-refractivity contribution in [3.8, 4) is 11.1 Å². The van der Waals surface area contributed by atoms with Crippen molar-refractivity contribution in [2.45, 2.75) is 6.92 Å². The van der Waals surface area contributed by atoms with Crippen LogP contribution in [0.4, 0.5) is 10.3 Å². The Morgan fingerprint density at radius 1 is 1.22 bits per heavy atom. The van der Waals surface area contributed by atoms with E-state index in [4.69, 9.17) is 4.74 Å². The number of anilines is 1. The highest BCUT2D eigenvalue weighted by Crippen LogP contribution is 2.22. The molecule has 8 heteroatoms. The average Bonchev–Trinajstić information content (AvgIpc) is 3.06. The maximum atomic E-state index is 13.8. The lowest BCUT2D eigenvalue weighted by Crippen LogP contribution is -2.41. The number of rotatable bonds is 4. The number of hydrogen-bond acceptors (Lipinski definition) is 5. The van der Waals surface area contributed by atoms with Crippen LogP contribution in [0.1, 0.15) is 5.56 Å². The molecular formula is C19H20FN5O2. The average molecular weight is 369 g/mol. The number of nitrogens with zero attached hydrogens (tertiary/aromatic N) is 4. The van der Waals surface area contributed by atoms with E-state index in [0.717, 1.165) is 24.2 Å². The minimum Gasteiger partial charge on any atom is -0.379 e. The van der Waals surface area contributed by atoms with E-state index < -0.39 is 0 Å². The molecule has 0 aliphatic carbocycles.